The number of benzene rings is 2. The van der Waals surface area contributed by atoms with E-state index in [9.17, 15) is 8.42 Å². The molecule has 8 heteroatoms. The molecule has 7 nitrogen and oxygen atoms in total. The maximum absolute atomic E-state index is 10.4. The third kappa shape index (κ3) is 4.70. The number of rotatable bonds is 2. The molecule has 3 rings (SSSR count). The van der Waals surface area contributed by atoms with Crippen LogP contribution in [-0.4, -0.2) is 28.1 Å². The van der Waals surface area contributed by atoms with Crippen LogP contribution < -0.4 is 4.68 Å². The van der Waals surface area contributed by atoms with Crippen molar-refractivity contribution in [2.24, 2.45) is 7.05 Å². The largest absolute Gasteiger partial charge is 0.295 e. The Morgan fingerprint density at radius 2 is 1.52 bits per heavy atom. The Morgan fingerprint density at radius 1 is 1.00 bits per heavy atom. The summed E-state index contributed by atoms with van der Waals surface area (Å²) in [7, 11) is -2.13. The molecule has 0 aliphatic rings. The van der Waals surface area contributed by atoms with Crippen LogP contribution in [0.2, 0.25) is 0 Å². The molecule has 0 radical (unpaired) electrons. The van der Waals surface area contributed by atoms with Crippen LogP contribution in [0.3, 0.4) is 0 Å². The van der Waals surface area contributed by atoms with Gasteiger partial charge in [0.25, 0.3) is 15.9 Å². The van der Waals surface area contributed by atoms with E-state index in [-0.39, 0.29) is 4.90 Å². The summed E-state index contributed by atoms with van der Waals surface area (Å²) in [6.07, 6.45) is 0. The minimum atomic E-state index is -4.00. The number of nitrogens with zero attached hydrogens (tertiary/aromatic N) is 4. The Balaban J connectivity index is 0.000000174. The quantitative estimate of drug-likeness (QED) is 0.564. The first-order chi connectivity index (χ1) is 10.9. The summed E-state index contributed by atoms with van der Waals surface area (Å²) in [6, 6.07) is 17.3. The van der Waals surface area contributed by atoms with Crippen LogP contribution in [0.15, 0.2) is 65.6 Å². The van der Waals surface area contributed by atoms with Crippen molar-refractivity contribution in [1.29, 1.82) is 0 Å². The van der Waals surface area contributed by atoms with Gasteiger partial charge in [-0.2, -0.15) is 8.42 Å². The van der Waals surface area contributed by atoms with Gasteiger partial charge in [0.05, 0.1) is 22.3 Å². The molecule has 3 aromatic rings. The minimum Gasteiger partial charge on any atom is -0.282 e. The lowest BCUT2D eigenvalue weighted by Crippen LogP contribution is -2.33. The van der Waals surface area contributed by atoms with E-state index in [1.54, 1.807) is 27.7 Å². The lowest BCUT2D eigenvalue weighted by atomic mass is 10.3. The topological polar surface area (TPSA) is 89.0 Å². The second-order valence-electron chi connectivity index (χ2n) is 4.67. The van der Waals surface area contributed by atoms with E-state index < -0.39 is 10.1 Å². The second kappa shape index (κ2) is 7.12. The van der Waals surface area contributed by atoms with Gasteiger partial charge in [0.2, 0.25) is 0 Å². The molecule has 0 fully saturated rings. The molecule has 0 unspecified atom stereocenters. The van der Waals surface area contributed by atoms with E-state index in [2.05, 4.69) is 10.3 Å². The molecular formula is C15H17N4O3S+. The van der Waals surface area contributed by atoms with E-state index in [4.69, 9.17) is 4.55 Å². The molecule has 1 heterocycles. The van der Waals surface area contributed by atoms with Gasteiger partial charge in [-0.3, -0.25) is 4.55 Å². The SMILES string of the molecule is Cc1nn(-c2ccccc2)n[n+]1C.O=S(=O)(O)c1ccccc1. The third-order valence-corrected chi connectivity index (χ3v) is 3.82. The van der Waals surface area contributed by atoms with Crippen molar-refractivity contribution in [2.45, 2.75) is 11.8 Å². The fourth-order valence-corrected chi connectivity index (χ4v) is 2.18. The van der Waals surface area contributed by atoms with Gasteiger partial charge in [-0.25, -0.2) is 0 Å². The Morgan fingerprint density at radius 3 is 1.91 bits per heavy atom. The summed E-state index contributed by atoms with van der Waals surface area (Å²) < 4.78 is 31.0. The molecule has 0 bridgehead atoms. The van der Waals surface area contributed by atoms with Crippen molar-refractivity contribution in [1.82, 2.24) is 15.1 Å². The van der Waals surface area contributed by atoms with Crippen molar-refractivity contribution in [3.05, 3.63) is 66.5 Å². The van der Waals surface area contributed by atoms with Gasteiger partial charge in [0.1, 0.15) is 0 Å². The Hall–Kier alpha value is -2.58. The van der Waals surface area contributed by atoms with Crippen LogP contribution in [0.25, 0.3) is 5.69 Å². The number of aryl methyl sites for hydroxylation is 2. The molecule has 0 saturated heterocycles. The molecule has 1 aromatic heterocycles. The highest BCUT2D eigenvalue weighted by Gasteiger charge is 2.12. The van der Waals surface area contributed by atoms with Crippen LogP contribution in [0, 0.1) is 6.92 Å². The summed E-state index contributed by atoms with van der Waals surface area (Å²) in [5.41, 5.74) is 0.978. The van der Waals surface area contributed by atoms with Crippen molar-refractivity contribution >= 4 is 10.1 Å². The normalized spacial score (nSPS) is 10.7. The maximum Gasteiger partial charge on any atom is 0.295 e. The number of tetrazole rings is 1. The van der Waals surface area contributed by atoms with Crippen LogP contribution >= 0.6 is 0 Å². The molecule has 2 aromatic carbocycles. The average Bonchev–Trinajstić information content (AvgIpc) is 2.88. The Bertz CT molecular complexity index is 843. The second-order valence-corrected chi connectivity index (χ2v) is 6.09. The van der Waals surface area contributed by atoms with E-state index in [1.165, 1.54) is 12.1 Å². The highest BCUT2D eigenvalue weighted by Crippen LogP contribution is 2.05. The van der Waals surface area contributed by atoms with Crippen molar-refractivity contribution in [2.75, 3.05) is 0 Å². The lowest BCUT2D eigenvalue weighted by molar-refractivity contribution is -0.737. The molecule has 0 amide bonds. The van der Waals surface area contributed by atoms with Gasteiger partial charge in [0, 0.05) is 11.7 Å². The zero-order valence-electron chi connectivity index (χ0n) is 12.7. The van der Waals surface area contributed by atoms with E-state index in [0.717, 1.165) is 11.5 Å². The van der Waals surface area contributed by atoms with Gasteiger partial charge in [0.15, 0.2) is 5.69 Å². The fraction of sp³-hybridized carbons (Fsp3) is 0.133. The molecule has 1 N–H and O–H groups in total. The van der Waals surface area contributed by atoms with Gasteiger partial charge >= 0.3 is 0 Å². The summed E-state index contributed by atoms with van der Waals surface area (Å²) in [5, 5.41) is 8.45. The third-order valence-electron chi connectivity index (χ3n) is 2.95. The zero-order chi connectivity index (χ0) is 16.9. The molecule has 0 aliphatic carbocycles. The molecule has 0 spiro atoms. The standard InChI is InChI=1S/C9H11N4.C6H6O3S/c1-8-10-13(11-12(8)2)9-6-4-3-5-7-9;7-10(8,9)6-4-2-1-3-5-6/h3-7H,1-2H3;1-5H,(H,7,8,9)/q+1;. The van der Waals surface area contributed by atoms with Crippen LogP contribution in [0.5, 0.6) is 0 Å². The number of para-hydroxylation sites is 1. The maximum atomic E-state index is 10.4. The number of aromatic nitrogens is 4. The predicted molar refractivity (Wildman–Crippen MR) is 83.5 cm³/mol. The summed E-state index contributed by atoms with van der Waals surface area (Å²) in [6.45, 7) is 1.92. The summed E-state index contributed by atoms with van der Waals surface area (Å²) >= 11 is 0. The lowest BCUT2D eigenvalue weighted by Gasteiger charge is -1.92. The minimum absolute atomic E-state index is 0.0741. The first-order valence-electron chi connectivity index (χ1n) is 6.76. The first kappa shape index (κ1) is 16.8. The molecule has 0 aliphatic heterocycles. The monoisotopic (exact) mass is 333 g/mol. The molecule has 23 heavy (non-hydrogen) atoms. The van der Waals surface area contributed by atoms with Crippen LogP contribution in [0.1, 0.15) is 5.82 Å². The number of hydrogen-bond donors (Lipinski definition) is 1. The Labute approximate surface area is 134 Å². The van der Waals surface area contributed by atoms with E-state index in [1.807, 2.05) is 44.3 Å². The predicted octanol–water partition coefficient (Wildman–Crippen LogP) is 1.33. The first-order valence-corrected chi connectivity index (χ1v) is 8.20. The van der Waals surface area contributed by atoms with Crippen molar-refractivity contribution in [3.8, 4) is 5.69 Å². The fourth-order valence-electron chi connectivity index (χ4n) is 1.68. The Kier molecular flexibility index (Phi) is 5.20. The van der Waals surface area contributed by atoms with Gasteiger partial charge in [-0.05, 0) is 24.3 Å². The average molecular weight is 333 g/mol. The van der Waals surface area contributed by atoms with Gasteiger partial charge in [-0.1, -0.05) is 36.4 Å². The van der Waals surface area contributed by atoms with E-state index >= 15 is 0 Å². The smallest absolute Gasteiger partial charge is 0.282 e. The van der Waals surface area contributed by atoms with Crippen LogP contribution in [-0.2, 0) is 17.2 Å². The van der Waals surface area contributed by atoms with Crippen LogP contribution in [0.4, 0.5) is 0 Å². The molecule has 0 atom stereocenters. The molecule has 0 saturated carbocycles. The number of hydrogen-bond acceptors (Lipinski definition) is 4. The van der Waals surface area contributed by atoms with Crippen molar-refractivity contribution in [3.63, 3.8) is 0 Å². The van der Waals surface area contributed by atoms with Gasteiger partial charge < -0.3 is 0 Å². The van der Waals surface area contributed by atoms with Gasteiger partial charge in [-0.15, -0.1) is 4.68 Å². The zero-order valence-corrected chi connectivity index (χ0v) is 13.6. The summed E-state index contributed by atoms with van der Waals surface area (Å²) in [4.78, 5) is 1.55. The molecular weight excluding hydrogens is 316 g/mol. The highest BCUT2D eigenvalue weighted by atomic mass is 32.2. The summed E-state index contributed by atoms with van der Waals surface area (Å²) in [5.74, 6) is 0.892. The highest BCUT2D eigenvalue weighted by molar-refractivity contribution is 7.85. The molecule has 120 valence electrons. The van der Waals surface area contributed by atoms with E-state index in [0.29, 0.717) is 0 Å². The van der Waals surface area contributed by atoms with Crippen molar-refractivity contribution < 1.29 is 17.7 Å².